The van der Waals surface area contributed by atoms with Crippen molar-refractivity contribution in [3.05, 3.63) is 82.6 Å². The van der Waals surface area contributed by atoms with Crippen molar-refractivity contribution in [3.8, 4) is 0 Å². The molecule has 2 heterocycles. The van der Waals surface area contributed by atoms with Crippen LogP contribution in [0.15, 0.2) is 60.8 Å². The summed E-state index contributed by atoms with van der Waals surface area (Å²) in [5.41, 5.74) is 5.13. The first-order chi connectivity index (χ1) is 12.2. The molecule has 0 bridgehead atoms. The Kier molecular flexibility index (Phi) is 4.12. The van der Waals surface area contributed by atoms with Gasteiger partial charge in [0.2, 0.25) is 0 Å². The van der Waals surface area contributed by atoms with Gasteiger partial charge in [-0.05, 0) is 60.9 Å². The van der Waals surface area contributed by atoms with Gasteiger partial charge in [0.05, 0.1) is 22.6 Å². The Morgan fingerprint density at radius 3 is 2.64 bits per heavy atom. The number of halogens is 1. The van der Waals surface area contributed by atoms with Gasteiger partial charge in [0.1, 0.15) is 0 Å². The predicted molar refractivity (Wildman–Crippen MR) is 101 cm³/mol. The summed E-state index contributed by atoms with van der Waals surface area (Å²) in [6.45, 7) is 0. The van der Waals surface area contributed by atoms with Gasteiger partial charge in [-0.2, -0.15) is 0 Å². The highest BCUT2D eigenvalue weighted by Gasteiger charge is 2.19. The minimum atomic E-state index is -0.139. The first kappa shape index (κ1) is 15.7. The van der Waals surface area contributed by atoms with Crippen LogP contribution in [0.4, 0.5) is 17.1 Å². The molecular weight excluding hydrogens is 334 g/mol. The van der Waals surface area contributed by atoms with Crippen LogP contribution in [0.2, 0.25) is 5.02 Å². The number of nitrogens with one attached hydrogen (secondary N) is 2. The predicted octanol–water partition coefficient (Wildman–Crippen LogP) is 4.83. The topological polar surface area (TPSA) is 54.0 Å². The zero-order valence-electron chi connectivity index (χ0n) is 13.4. The number of aryl methyl sites for hydroxylation is 2. The summed E-state index contributed by atoms with van der Waals surface area (Å²) in [6, 6.07) is 17.2. The molecule has 0 saturated heterocycles. The van der Waals surface area contributed by atoms with Crippen molar-refractivity contribution in [2.45, 2.75) is 12.8 Å². The number of nitrogens with zero attached hydrogens (tertiary/aromatic N) is 1. The summed E-state index contributed by atoms with van der Waals surface area (Å²) < 4.78 is 0. The zero-order valence-corrected chi connectivity index (χ0v) is 14.2. The Labute approximate surface area is 150 Å². The lowest BCUT2D eigenvalue weighted by molar-refractivity contribution is 0.102. The lowest BCUT2D eigenvalue weighted by Gasteiger charge is -2.11. The maximum absolute atomic E-state index is 12.5. The van der Waals surface area contributed by atoms with Gasteiger partial charge >= 0.3 is 0 Å². The fourth-order valence-electron chi connectivity index (χ4n) is 2.93. The normalized spacial score (nSPS) is 12.4. The van der Waals surface area contributed by atoms with E-state index < -0.39 is 0 Å². The number of amides is 1. The summed E-state index contributed by atoms with van der Waals surface area (Å²) >= 11 is 6.05. The first-order valence-corrected chi connectivity index (χ1v) is 8.47. The maximum Gasteiger partial charge on any atom is 0.257 e. The third-order valence-electron chi connectivity index (χ3n) is 4.22. The molecule has 2 N–H and O–H groups in total. The van der Waals surface area contributed by atoms with Crippen LogP contribution in [0.1, 0.15) is 21.6 Å². The minimum absolute atomic E-state index is 0.139. The number of pyridine rings is 1. The van der Waals surface area contributed by atoms with E-state index in [1.807, 2.05) is 30.3 Å². The molecule has 0 atom stereocenters. The third-order valence-corrected chi connectivity index (χ3v) is 4.46. The van der Waals surface area contributed by atoms with Crippen molar-refractivity contribution in [3.63, 3.8) is 0 Å². The lowest BCUT2D eigenvalue weighted by Crippen LogP contribution is -2.10. The molecule has 25 heavy (non-hydrogen) atoms. The SMILES string of the molecule is O=C1Nc2cc(CCc3ccccn3)ccc2Nc2cc(Cl)ccc21. The van der Waals surface area contributed by atoms with Crippen LogP contribution >= 0.6 is 11.6 Å². The molecule has 1 aliphatic rings. The van der Waals surface area contributed by atoms with Gasteiger partial charge in [-0.25, -0.2) is 0 Å². The van der Waals surface area contributed by atoms with Crippen LogP contribution in [0, 0.1) is 0 Å². The van der Waals surface area contributed by atoms with Crippen molar-refractivity contribution < 1.29 is 4.79 Å². The summed E-state index contributed by atoms with van der Waals surface area (Å²) in [7, 11) is 0. The summed E-state index contributed by atoms with van der Waals surface area (Å²) in [5, 5.41) is 6.86. The van der Waals surface area contributed by atoms with Crippen LogP contribution < -0.4 is 10.6 Å². The van der Waals surface area contributed by atoms with E-state index in [0.717, 1.165) is 35.5 Å². The number of hydrogen-bond acceptors (Lipinski definition) is 3. The second kappa shape index (κ2) is 6.57. The van der Waals surface area contributed by atoms with E-state index in [4.69, 9.17) is 11.6 Å². The Bertz CT molecular complexity index is 941. The van der Waals surface area contributed by atoms with Crippen molar-refractivity contribution in [1.82, 2.24) is 4.98 Å². The van der Waals surface area contributed by atoms with Gasteiger partial charge in [-0.15, -0.1) is 0 Å². The van der Waals surface area contributed by atoms with Gasteiger partial charge in [0.25, 0.3) is 5.91 Å². The molecule has 1 aromatic heterocycles. The molecule has 1 amide bonds. The van der Waals surface area contributed by atoms with Crippen LogP contribution in [0.3, 0.4) is 0 Å². The highest BCUT2D eigenvalue weighted by molar-refractivity contribution is 6.31. The number of carbonyl (C=O) groups excluding carboxylic acids is 1. The van der Waals surface area contributed by atoms with Crippen molar-refractivity contribution in [2.24, 2.45) is 0 Å². The Hall–Kier alpha value is -2.85. The van der Waals surface area contributed by atoms with Gasteiger partial charge in [0.15, 0.2) is 0 Å². The molecule has 0 spiro atoms. The molecule has 2 aromatic carbocycles. The largest absolute Gasteiger partial charge is 0.353 e. The summed E-state index contributed by atoms with van der Waals surface area (Å²) in [5.74, 6) is -0.139. The second-order valence-corrected chi connectivity index (χ2v) is 6.41. The first-order valence-electron chi connectivity index (χ1n) is 8.10. The van der Waals surface area contributed by atoms with E-state index >= 15 is 0 Å². The lowest BCUT2D eigenvalue weighted by atomic mass is 10.1. The van der Waals surface area contributed by atoms with Gasteiger partial charge in [-0.1, -0.05) is 23.7 Å². The molecule has 0 aliphatic carbocycles. The number of anilines is 3. The van der Waals surface area contributed by atoms with Crippen molar-refractivity contribution in [1.29, 1.82) is 0 Å². The average Bonchev–Trinajstić information content (AvgIpc) is 2.75. The molecule has 0 fully saturated rings. The highest BCUT2D eigenvalue weighted by atomic mass is 35.5. The number of carbonyl (C=O) groups is 1. The molecule has 0 saturated carbocycles. The molecule has 4 rings (SSSR count). The number of benzene rings is 2. The van der Waals surface area contributed by atoms with E-state index in [1.165, 1.54) is 0 Å². The van der Waals surface area contributed by atoms with Gasteiger partial charge in [-0.3, -0.25) is 9.78 Å². The highest BCUT2D eigenvalue weighted by Crippen LogP contribution is 2.34. The van der Waals surface area contributed by atoms with Gasteiger partial charge in [0, 0.05) is 16.9 Å². The molecule has 5 heteroatoms. The number of hydrogen-bond donors (Lipinski definition) is 2. The zero-order chi connectivity index (χ0) is 17.2. The summed E-state index contributed by atoms with van der Waals surface area (Å²) in [6.07, 6.45) is 3.52. The van der Waals surface area contributed by atoms with Crippen LogP contribution in [-0.2, 0) is 12.8 Å². The Balaban J connectivity index is 1.59. The molecule has 4 nitrogen and oxygen atoms in total. The average molecular weight is 350 g/mol. The molecule has 3 aromatic rings. The van der Waals surface area contributed by atoms with E-state index in [2.05, 4.69) is 21.7 Å². The Morgan fingerprint density at radius 1 is 0.880 bits per heavy atom. The fourth-order valence-corrected chi connectivity index (χ4v) is 3.10. The quantitative estimate of drug-likeness (QED) is 0.712. The Morgan fingerprint density at radius 2 is 1.80 bits per heavy atom. The fraction of sp³-hybridized carbons (Fsp3) is 0.100. The molecule has 124 valence electrons. The van der Waals surface area contributed by atoms with E-state index in [9.17, 15) is 4.79 Å². The van der Waals surface area contributed by atoms with Crippen molar-refractivity contribution >= 4 is 34.6 Å². The van der Waals surface area contributed by atoms with E-state index in [-0.39, 0.29) is 5.91 Å². The third kappa shape index (κ3) is 3.35. The van der Waals surface area contributed by atoms with E-state index in [0.29, 0.717) is 16.3 Å². The number of aromatic nitrogens is 1. The minimum Gasteiger partial charge on any atom is -0.353 e. The second-order valence-electron chi connectivity index (χ2n) is 5.97. The number of fused-ring (bicyclic) bond motifs is 2. The van der Waals surface area contributed by atoms with Crippen LogP contribution in [-0.4, -0.2) is 10.9 Å². The number of rotatable bonds is 3. The van der Waals surface area contributed by atoms with Gasteiger partial charge < -0.3 is 10.6 Å². The standard InChI is InChI=1S/C20H16ClN3O/c21-14-6-8-16-18(12-14)23-17-9-5-13(11-19(17)24-20(16)25)4-7-15-3-1-2-10-22-15/h1-3,5-6,8-12,23H,4,7H2,(H,24,25). The van der Waals surface area contributed by atoms with E-state index in [1.54, 1.807) is 24.4 Å². The van der Waals surface area contributed by atoms with Crippen LogP contribution in [0.5, 0.6) is 0 Å². The monoisotopic (exact) mass is 349 g/mol. The maximum atomic E-state index is 12.5. The van der Waals surface area contributed by atoms with Crippen LogP contribution in [0.25, 0.3) is 0 Å². The molecule has 1 aliphatic heterocycles. The molecular formula is C20H16ClN3O. The summed E-state index contributed by atoms with van der Waals surface area (Å²) in [4.78, 5) is 16.8. The molecule has 0 radical (unpaired) electrons. The molecule has 0 unspecified atom stereocenters. The van der Waals surface area contributed by atoms with Crippen molar-refractivity contribution in [2.75, 3.05) is 10.6 Å². The smallest absolute Gasteiger partial charge is 0.257 e.